The molecule has 0 saturated heterocycles. The molecule has 1 aromatic carbocycles. The Balaban J connectivity index is 3.43. The van der Waals surface area contributed by atoms with Crippen LogP contribution in [0.3, 0.4) is 0 Å². The molecule has 22 heavy (non-hydrogen) atoms. The molecule has 10 heteroatoms. The number of carbonyl (C=O) groups is 1. The Morgan fingerprint density at radius 3 is 2.59 bits per heavy atom. The van der Waals surface area contributed by atoms with Crippen LogP contribution in [0.4, 0.5) is 18.9 Å². The summed E-state index contributed by atoms with van der Waals surface area (Å²) in [5, 5.41) is 19.8. The minimum absolute atomic E-state index is 0.0267. The highest BCUT2D eigenvalue weighted by molar-refractivity contribution is 8.00. The molecule has 1 rings (SSSR count). The molecule has 0 N–H and O–H groups in total. The molecule has 0 aromatic heterocycles. The lowest BCUT2D eigenvalue weighted by Gasteiger charge is -2.12. The van der Waals surface area contributed by atoms with Gasteiger partial charge >= 0.3 is 17.2 Å². The van der Waals surface area contributed by atoms with E-state index in [2.05, 4.69) is 4.74 Å². The fourth-order valence-electron chi connectivity index (χ4n) is 1.62. The second kappa shape index (κ2) is 7.13. The van der Waals surface area contributed by atoms with Gasteiger partial charge in [0, 0.05) is 0 Å². The number of nitro groups is 1. The van der Waals surface area contributed by atoms with Crippen LogP contribution in [0.1, 0.15) is 18.1 Å². The summed E-state index contributed by atoms with van der Waals surface area (Å²) in [7, 11) is 0. The largest absolute Gasteiger partial charge is 0.466 e. The Hall–Kier alpha value is -2.28. The van der Waals surface area contributed by atoms with Crippen LogP contribution in [-0.4, -0.2) is 23.0 Å². The van der Waals surface area contributed by atoms with Crippen molar-refractivity contribution in [2.45, 2.75) is 23.7 Å². The number of alkyl halides is 3. The molecule has 0 unspecified atom stereocenters. The molecule has 0 aliphatic heterocycles. The Labute approximate surface area is 127 Å². The van der Waals surface area contributed by atoms with Gasteiger partial charge < -0.3 is 4.74 Å². The number of halogens is 3. The SMILES string of the molecule is CCOC(=O)Cc1ccc(C#N)c([N+](=O)[O-])c1SC(F)(F)F. The molecular weight excluding hydrogens is 325 g/mol. The van der Waals surface area contributed by atoms with Crippen molar-refractivity contribution in [3.05, 3.63) is 33.4 Å². The molecule has 0 bridgehead atoms. The lowest BCUT2D eigenvalue weighted by molar-refractivity contribution is -0.388. The van der Waals surface area contributed by atoms with Gasteiger partial charge in [-0.25, -0.2) is 0 Å². The molecule has 0 heterocycles. The smallest absolute Gasteiger partial charge is 0.446 e. The average molecular weight is 334 g/mol. The second-order valence-electron chi connectivity index (χ2n) is 3.85. The number of nitro benzene ring substituents is 1. The van der Waals surface area contributed by atoms with Gasteiger partial charge in [0.05, 0.1) is 22.8 Å². The zero-order chi connectivity index (χ0) is 16.9. The number of benzene rings is 1. The predicted molar refractivity (Wildman–Crippen MR) is 70.1 cm³/mol. The van der Waals surface area contributed by atoms with E-state index in [4.69, 9.17) is 5.26 Å². The number of hydrogen-bond donors (Lipinski definition) is 0. The molecule has 6 nitrogen and oxygen atoms in total. The van der Waals surface area contributed by atoms with Gasteiger partial charge in [-0.05, 0) is 30.3 Å². The van der Waals surface area contributed by atoms with Crippen LogP contribution in [0.5, 0.6) is 0 Å². The Morgan fingerprint density at radius 2 is 2.14 bits per heavy atom. The topological polar surface area (TPSA) is 93.2 Å². The summed E-state index contributed by atoms with van der Waals surface area (Å²) >= 11 is -0.729. The number of nitriles is 1. The summed E-state index contributed by atoms with van der Waals surface area (Å²) in [6.45, 7) is 1.55. The fraction of sp³-hybridized carbons (Fsp3) is 0.333. The monoisotopic (exact) mass is 334 g/mol. The first-order valence-corrected chi connectivity index (χ1v) is 6.63. The van der Waals surface area contributed by atoms with E-state index in [1.807, 2.05) is 0 Å². The minimum atomic E-state index is -4.80. The maximum absolute atomic E-state index is 12.6. The first-order valence-electron chi connectivity index (χ1n) is 5.81. The van der Waals surface area contributed by atoms with Crippen molar-refractivity contribution in [2.75, 3.05) is 6.61 Å². The number of ether oxygens (including phenoxy) is 1. The van der Waals surface area contributed by atoms with Crippen LogP contribution in [0.2, 0.25) is 0 Å². The average Bonchev–Trinajstić information content (AvgIpc) is 2.38. The lowest BCUT2D eigenvalue weighted by Crippen LogP contribution is -2.11. The normalized spacial score (nSPS) is 10.9. The molecule has 0 aliphatic rings. The maximum Gasteiger partial charge on any atom is 0.446 e. The van der Waals surface area contributed by atoms with Crippen molar-refractivity contribution in [3.8, 4) is 6.07 Å². The number of rotatable bonds is 5. The van der Waals surface area contributed by atoms with E-state index in [-0.39, 0.29) is 12.2 Å². The highest BCUT2D eigenvalue weighted by atomic mass is 32.2. The minimum Gasteiger partial charge on any atom is -0.466 e. The van der Waals surface area contributed by atoms with Crippen LogP contribution in [0, 0.1) is 21.4 Å². The van der Waals surface area contributed by atoms with Gasteiger partial charge in [-0.15, -0.1) is 0 Å². The number of hydrogen-bond acceptors (Lipinski definition) is 6. The van der Waals surface area contributed by atoms with E-state index >= 15 is 0 Å². The highest BCUT2D eigenvalue weighted by Crippen LogP contribution is 2.44. The Bertz CT molecular complexity index is 640. The summed E-state index contributed by atoms with van der Waals surface area (Å²) in [6, 6.07) is 3.56. The van der Waals surface area contributed by atoms with Crippen molar-refractivity contribution in [1.82, 2.24) is 0 Å². The van der Waals surface area contributed by atoms with Crippen LogP contribution in [0.15, 0.2) is 17.0 Å². The third kappa shape index (κ3) is 4.63. The Kier molecular flexibility index (Phi) is 5.76. The molecule has 0 radical (unpaired) electrons. The third-order valence-electron chi connectivity index (χ3n) is 2.37. The molecule has 0 spiro atoms. The molecule has 1 aromatic rings. The zero-order valence-electron chi connectivity index (χ0n) is 11.1. The van der Waals surface area contributed by atoms with Crippen molar-refractivity contribution in [2.24, 2.45) is 0 Å². The highest BCUT2D eigenvalue weighted by Gasteiger charge is 2.36. The van der Waals surface area contributed by atoms with E-state index in [1.54, 1.807) is 0 Å². The molecule has 0 saturated carbocycles. The van der Waals surface area contributed by atoms with Gasteiger partial charge in [0.1, 0.15) is 11.6 Å². The molecule has 0 atom stereocenters. The first kappa shape index (κ1) is 17.8. The summed E-state index contributed by atoms with van der Waals surface area (Å²) in [5.74, 6) is -0.814. The van der Waals surface area contributed by atoms with Crippen molar-refractivity contribution < 1.29 is 27.6 Å². The molecule has 0 fully saturated rings. The number of carbonyl (C=O) groups excluding carboxylic acids is 1. The Morgan fingerprint density at radius 1 is 1.50 bits per heavy atom. The second-order valence-corrected chi connectivity index (χ2v) is 4.92. The van der Waals surface area contributed by atoms with Gasteiger partial charge in [0.2, 0.25) is 0 Å². The number of thioether (sulfide) groups is 1. The van der Waals surface area contributed by atoms with Gasteiger partial charge in [-0.3, -0.25) is 14.9 Å². The molecule has 0 amide bonds. The van der Waals surface area contributed by atoms with Crippen LogP contribution < -0.4 is 0 Å². The van der Waals surface area contributed by atoms with Crippen molar-refractivity contribution >= 4 is 23.4 Å². The van der Waals surface area contributed by atoms with E-state index < -0.39 is 50.7 Å². The van der Waals surface area contributed by atoms with Crippen LogP contribution in [-0.2, 0) is 16.0 Å². The molecular formula is C12H9F3N2O4S. The third-order valence-corrected chi connectivity index (χ3v) is 3.27. The summed E-state index contributed by atoms with van der Waals surface area (Å²) < 4.78 is 42.5. The lowest BCUT2D eigenvalue weighted by atomic mass is 10.1. The predicted octanol–water partition coefficient (Wildman–Crippen LogP) is 3.18. The molecule has 118 valence electrons. The van der Waals surface area contributed by atoms with E-state index in [0.717, 1.165) is 12.1 Å². The van der Waals surface area contributed by atoms with E-state index in [1.165, 1.54) is 13.0 Å². The van der Waals surface area contributed by atoms with Gasteiger partial charge in [0.25, 0.3) is 0 Å². The summed E-state index contributed by atoms with van der Waals surface area (Å²) in [6.07, 6.45) is -0.557. The van der Waals surface area contributed by atoms with E-state index in [9.17, 15) is 28.1 Å². The van der Waals surface area contributed by atoms with Crippen molar-refractivity contribution in [1.29, 1.82) is 5.26 Å². The first-order chi connectivity index (χ1) is 10.2. The number of esters is 1. The zero-order valence-corrected chi connectivity index (χ0v) is 12.0. The van der Waals surface area contributed by atoms with Crippen LogP contribution >= 0.6 is 11.8 Å². The fourth-order valence-corrected chi connectivity index (χ4v) is 2.40. The quantitative estimate of drug-likeness (QED) is 0.355. The maximum atomic E-state index is 12.6. The number of nitrogens with zero attached hydrogens (tertiary/aromatic N) is 2. The molecule has 0 aliphatic carbocycles. The van der Waals surface area contributed by atoms with Crippen molar-refractivity contribution in [3.63, 3.8) is 0 Å². The standard InChI is InChI=1S/C12H9F3N2O4S/c1-2-21-9(18)5-7-3-4-8(6-16)10(17(19)20)11(7)22-12(13,14)15/h3-4H,2,5H2,1H3. The van der Waals surface area contributed by atoms with E-state index in [0.29, 0.717) is 0 Å². The van der Waals surface area contributed by atoms with Gasteiger partial charge in [-0.2, -0.15) is 18.4 Å². The van der Waals surface area contributed by atoms with Gasteiger partial charge in [-0.1, -0.05) is 6.07 Å². The summed E-state index contributed by atoms with van der Waals surface area (Å²) in [4.78, 5) is 20.6. The van der Waals surface area contributed by atoms with Gasteiger partial charge in [0.15, 0.2) is 0 Å². The van der Waals surface area contributed by atoms with Crippen LogP contribution in [0.25, 0.3) is 0 Å². The summed E-state index contributed by atoms with van der Waals surface area (Å²) in [5.41, 5.74) is -6.50.